The van der Waals surface area contributed by atoms with Gasteiger partial charge in [-0.05, 0) is 48.9 Å². The maximum absolute atomic E-state index is 4.64. The highest BCUT2D eigenvalue weighted by Crippen LogP contribution is 2.27. The molecule has 3 heterocycles. The van der Waals surface area contributed by atoms with Crippen molar-refractivity contribution >= 4 is 38.6 Å². The van der Waals surface area contributed by atoms with Crippen LogP contribution in [-0.4, -0.2) is 19.9 Å². The van der Waals surface area contributed by atoms with E-state index in [2.05, 4.69) is 47.2 Å². The third kappa shape index (κ3) is 2.76. The molecule has 0 saturated carbocycles. The molecular weight excluding hydrogens is 366 g/mol. The summed E-state index contributed by atoms with van der Waals surface area (Å²) in [5.74, 6) is 0.566. The summed E-state index contributed by atoms with van der Waals surface area (Å²) in [5.41, 5.74) is 4.81. The molecule has 0 aliphatic rings. The Morgan fingerprint density at radius 3 is 2.88 bits per heavy atom. The quantitative estimate of drug-likeness (QED) is 0.534. The molecule has 2 N–H and O–H groups in total. The first-order valence-electron chi connectivity index (χ1n) is 7.49. The zero-order valence-electron chi connectivity index (χ0n) is 12.9. The maximum Gasteiger partial charge on any atom is 0.227 e. The van der Waals surface area contributed by atoms with E-state index >= 15 is 0 Å². The first-order valence-corrected chi connectivity index (χ1v) is 8.29. The van der Waals surface area contributed by atoms with Crippen LogP contribution in [0.2, 0.25) is 0 Å². The second kappa shape index (κ2) is 6.05. The van der Waals surface area contributed by atoms with Gasteiger partial charge in [-0.1, -0.05) is 15.9 Å². The standard InChI is InChI=1S/C18H14BrN5/c1-11-9-12(19)4-5-15(11)23-18-21-8-6-16(24-18)14-10-22-17-13(14)3-2-7-20-17/h2-10H,1H3,(H,20,22)(H,21,23,24). The molecule has 0 aliphatic heterocycles. The van der Waals surface area contributed by atoms with Gasteiger partial charge in [0.05, 0.1) is 5.69 Å². The lowest BCUT2D eigenvalue weighted by molar-refractivity contribution is 1.17. The van der Waals surface area contributed by atoms with Crippen LogP contribution in [0.3, 0.4) is 0 Å². The monoisotopic (exact) mass is 379 g/mol. The lowest BCUT2D eigenvalue weighted by Gasteiger charge is -2.09. The number of benzene rings is 1. The van der Waals surface area contributed by atoms with Gasteiger partial charge in [-0.25, -0.2) is 15.0 Å². The molecule has 0 radical (unpaired) electrons. The number of hydrogen-bond acceptors (Lipinski definition) is 4. The maximum atomic E-state index is 4.64. The van der Waals surface area contributed by atoms with E-state index in [0.29, 0.717) is 5.95 Å². The molecule has 0 spiro atoms. The number of H-pyrrole nitrogens is 1. The number of anilines is 2. The van der Waals surface area contributed by atoms with Crippen LogP contribution in [0.5, 0.6) is 0 Å². The van der Waals surface area contributed by atoms with Crippen molar-refractivity contribution in [2.24, 2.45) is 0 Å². The Balaban J connectivity index is 1.71. The third-order valence-corrected chi connectivity index (χ3v) is 4.31. The molecule has 6 heteroatoms. The average Bonchev–Trinajstić information content (AvgIpc) is 3.02. The molecule has 0 unspecified atom stereocenters. The van der Waals surface area contributed by atoms with Crippen LogP contribution >= 0.6 is 15.9 Å². The predicted molar refractivity (Wildman–Crippen MR) is 99.3 cm³/mol. The van der Waals surface area contributed by atoms with Crippen molar-refractivity contribution in [2.75, 3.05) is 5.32 Å². The fraction of sp³-hybridized carbons (Fsp3) is 0.0556. The molecule has 118 valence electrons. The van der Waals surface area contributed by atoms with Crippen molar-refractivity contribution in [3.63, 3.8) is 0 Å². The van der Waals surface area contributed by atoms with Gasteiger partial charge < -0.3 is 10.3 Å². The number of hydrogen-bond donors (Lipinski definition) is 2. The Kier molecular flexibility index (Phi) is 3.74. The molecule has 0 amide bonds. The van der Waals surface area contributed by atoms with E-state index in [0.717, 1.165) is 38.0 Å². The lowest BCUT2D eigenvalue weighted by Crippen LogP contribution is -1.99. The van der Waals surface area contributed by atoms with E-state index < -0.39 is 0 Å². The van der Waals surface area contributed by atoms with Crippen LogP contribution in [0.1, 0.15) is 5.56 Å². The SMILES string of the molecule is Cc1cc(Br)ccc1Nc1nccc(-c2c[nH]c3ncccc23)n1. The van der Waals surface area contributed by atoms with E-state index in [1.165, 1.54) is 0 Å². The Labute approximate surface area is 147 Å². The van der Waals surface area contributed by atoms with E-state index in [9.17, 15) is 0 Å². The van der Waals surface area contributed by atoms with Crippen LogP contribution < -0.4 is 5.32 Å². The minimum atomic E-state index is 0.566. The zero-order chi connectivity index (χ0) is 16.5. The van der Waals surface area contributed by atoms with E-state index in [1.54, 1.807) is 12.4 Å². The van der Waals surface area contributed by atoms with Crippen molar-refractivity contribution in [2.45, 2.75) is 6.92 Å². The molecule has 0 atom stereocenters. The first kappa shape index (κ1) is 14.8. The van der Waals surface area contributed by atoms with Gasteiger partial charge in [-0.3, -0.25) is 0 Å². The molecule has 24 heavy (non-hydrogen) atoms. The fourth-order valence-electron chi connectivity index (χ4n) is 2.62. The predicted octanol–water partition coefficient (Wildman–Crippen LogP) is 4.83. The Morgan fingerprint density at radius 1 is 1.08 bits per heavy atom. The summed E-state index contributed by atoms with van der Waals surface area (Å²) in [5, 5.41) is 4.32. The number of pyridine rings is 1. The Bertz CT molecular complexity index is 1020. The minimum absolute atomic E-state index is 0.566. The van der Waals surface area contributed by atoms with Gasteiger partial charge in [0.1, 0.15) is 5.65 Å². The Hall–Kier alpha value is -2.73. The van der Waals surface area contributed by atoms with Crippen LogP contribution in [0.4, 0.5) is 11.6 Å². The number of nitrogens with one attached hydrogen (secondary N) is 2. The molecule has 1 aromatic carbocycles. The van der Waals surface area contributed by atoms with Gasteiger partial charge in [0.15, 0.2) is 0 Å². The van der Waals surface area contributed by atoms with Gasteiger partial charge in [0.25, 0.3) is 0 Å². The summed E-state index contributed by atoms with van der Waals surface area (Å²) in [6, 6.07) is 11.9. The molecule has 0 saturated heterocycles. The molecule has 3 aromatic heterocycles. The second-order valence-electron chi connectivity index (χ2n) is 5.45. The van der Waals surface area contributed by atoms with Gasteiger partial charge in [-0.2, -0.15) is 0 Å². The average molecular weight is 380 g/mol. The third-order valence-electron chi connectivity index (χ3n) is 3.82. The topological polar surface area (TPSA) is 66.5 Å². The summed E-state index contributed by atoms with van der Waals surface area (Å²) in [6.45, 7) is 2.04. The number of nitrogens with zero attached hydrogens (tertiary/aromatic N) is 3. The molecule has 5 nitrogen and oxygen atoms in total. The van der Waals surface area contributed by atoms with Gasteiger partial charge in [-0.15, -0.1) is 0 Å². The highest BCUT2D eigenvalue weighted by Gasteiger charge is 2.09. The molecule has 4 aromatic rings. The molecule has 0 bridgehead atoms. The second-order valence-corrected chi connectivity index (χ2v) is 6.37. The molecule has 4 rings (SSSR count). The number of rotatable bonds is 3. The van der Waals surface area contributed by atoms with E-state index in [4.69, 9.17) is 0 Å². The van der Waals surface area contributed by atoms with Gasteiger partial charge in [0, 0.05) is 39.7 Å². The van der Waals surface area contributed by atoms with E-state index in [1.807, 2.05) is 43.5 Å². The highest BCUT2D eigenvalue weighted by molar-refractivity contribution is 9.10. The Morgan fingerprint density at radius 2 is 2.00 bits per heavy atom. The van der Waals surface area contributed by atoms with Crippen LogP contribution in [-0.2, 0) is 0 Å². The minimum Gasteiger partial charge on any atom is -0.345 e. The van der Waals surface area contributed by atoms with Crippen molar-refractivity contribution in [1.82, 2.24) is 19.9 Å². The molecule has 0 fully saturated rings. The first-order chi connectivity index (χ1) is 11.7. The van der Waals surface area contributed by atoms with Crippen LogP contribution in [0.15, 0.2) is 59.5 Å². The summed E-state index contributed by atoms with van der Waals surface area (Å²) in [7, 11) is 0. The lowest BCUT2D eigenvalue weighted by atomic mass is 10.1. The van der Waals surface area contributed by atoms with Crippen molar-refractivity contribution < 1.29 is 0 Å². The normalized spacial score (nSPS) is 10.9. The number of aromatic nitrogens is 4. The summed E-state index contributed by atoms with van der Waals surface area (Å²) in [4.78, 5) is 16.5. The zero-order valence-corrected chi connectivity index (χ0v) is 14.5. The number of aryl methyl sites for hydroxylation is 1. The van der Waals surface area contributed by atoms with Crippen molar-refractivity contribution in [3.05, 3.63) is 65.0 Å². The fourth-order valence-corrected chi connectivity index (χ4v) is 3.10. The van der Waals surface area contributed by atoms with Crippen LogP contribution in [0, 0.1) is 6.92 Å². The number of fused-ring (bicyclic) bond motifs is 1. The van der Waals surface area contributed by atoms with Crippen molar-refractivity contribution in [1.29, 1.82) is 0 Å². The molecule has 0 aliphatic carbocycles. The number of aromatic amines is 1. The van der Waals surface area contributed by atoms with Crippen molar-refractivity contribution in [3.8, 4) is 11.3 Å². The van der Waals surface area contributed by atoms with Gasteiger partial charge in [0.2, 0.25) is 5.95 Å². The molecular formula is C18H14BrN5. The largest absolute Gasteiger partial charge is 0.345 e. The van der Waals surface area contributed by atoms with E-state index in [-0.39, 0.29) is 0 Å². The van der Waals surface area contributed by atoms with Crippen LogP contribution in [0.25, 0.3) is 22.3 Å². The summed E-state index contributed by atoms with van der Waals surface area (Å²) >= 11 is 3.47. The van der Waals surface area contributed by atoms with Gasteiger partial charge >= 0.3 is 0 Å². The highest BCUT2D eigenvalue weighted by atomic mass is 79.9. The number of halogens is 1. The summed E-state index contributed by atoms with van der Waals surface area (Å²) < 4.78 is 1.05. The smallest absolute Gasteiger partial charge is 0.227 e. The summed E-state index contributed by atoms with van der Waals surface area (Å²) in [6.07, 6.45) is 5.45.